The number of fused-ring (bicyclic) bond motifs is 1. The summed E-state index contributed by atoms with van der Waals surface area (Å²) in [4.78, 5) is 47.7. The lowest BCUT2D eigenvalue weighted by Gasteiger charge is -2.18. The van der Waals surface area contributed by atoms with E-state index in [4.69, 9.17) is 19.8 Å². The highest BCUT2D eigenvalue weighted by Gasteiger charge is 2.38. The van der Waals surface area contributed by atoms with E-state index >= 15 is 0 Å². The molecule has 1 fully saturated rings. The summed E-state index contributed by atoms with van der Waals surface area (Å²) in [6, 6.07) is 11.6. The average Bonchev–Trinajstić information content (AvgIpc) is 3.53. The van der Waals surface area contributed by atoms with Crippen LogP contribution in [-0.4, -0.2) is 81.1 Å². The van der Waals surface area contributed by atoms with Gasteiger partial charge in [0.15, 0.2) is 11.5 Å². The summed E-state index contributed by atoms with van der Waals surface area (Å²) < 4.78 is 62.4. The highest BCUT2D eigenvalue weighted by atomic mass is 19.4. The van der Waals surface area contributed by atoms with Crippen LogP contribution >= 0.6 is 0 Å². The van der Waals surface area contributed by atoms with Crippen LogP contribution in [0.2, 0.25) is 0 Å². The molecule has 3 heterocycles. The van der Waals surface area contributed by atoms with Gasteiger partial charge in [-0.25, -0.2) is 14.3 Å². The van der Waals surface area contributed by atoms with Crippen LogP contribution in [0.5, 0.6) is 0 Å². The quantitative estimate of drug-likeness (QED) is 0.235. The fraction of sp³-hybridized carbons (Fsp3) is 0.407. The predicted molar refractivity (Wildman–Crippen MR) is 150 cm³/mol. The highest BCUT2D eigenvalue weighted by Crippen LogP contribution is 2.23. The van der Waals surface area contributed by atoms with Crippen LogP contribution in [0.3, 0.4) is 0 Å². The number of amides is 2. The number of carboxylic acids is 1. The van der Waals surface area contributed by atoms with Crippen molar-refractivity contribution in [2.75, 3.05) is 23.3 Å². The number of nitrogens with one attached hydrogen (secondary N) is 2. The number of benzene rings is 1. The molecule has 0 spiro atoms. The number of carbonyl (C=O) groups is 4. The van der Waals surface area contributed by atoms with E-state index in [9.17, 15) is 35.9 Å². The number of halogens is 6. The van der Waals surface area contributed by atoms with Crippen molar-refractivity contribution in [1.29, 1.82) is 0 Å². The Morgan fingerprint density at radius 2 is 1.58 bits per heavy atom. The molecule has 0 bridgehead atoms. The number of rotatable bonds is 4. The van der Waals surface area contributed by atoms with Crippen molar-refractivity contribution in [2.45, 2.75) is 58.4 Å². The summed E-state index contributed by atoms with van der Waals surface area (Å²) in [5.74, 6) is -1.71. The molecule has 248 valence electrons. The van der Waals surface area contributed by atoms with Crippen molar-refractivity contribution in [1.82, 2.24) is 19.9 Å². The molecule has 1 saturated heterocycles. The molecule has 1 aliphatic rings. The van der Waals surface area contributed by atoms with Gasteiger partial charge in [0.2, 0.25) is 5.91 Å². The first-order valence-electron chi connectivity index (χ1n) is 12.9. The predicted octanol–water partition coefficient (Wildman–Crippen LogP) is 4.51. The molecule has 4 rings (SSSR count). The first kappa shape index (κ1) is 38.1. The Hall–Kier alpha value is -4.90. The number of aromatic nitrogens is 3. The second-order valence-corrected chi connectivity index (χ2v) is 10.2. The third kappa shape index (κ3) is 13.5. The lowest BCUT2D eigenvalue weighted by Crippen LogP contribution is -2.35. The van der Waals surface area contributed by atoms with Gasteiger partial charge in [0.25, 0.3) is 12.4 Å². The van der Waals surface area contributed by atoms with E-state index in [2.05, 4.69) is 46.4 Å². The molecule has 18 heteroatoms. The molecular weight excluding hydrogens is 618 g/mol. The molecule has 12 nitrogen and oxygen atoms in total. The van der Waals surface area contributed by atoms with E-state index in [0.29, 0.717) is 17.0 Å². The number of nitrogens with zero attached hydrogens (tertiary/aromatic N) is 4. The first-order chi connectivity index (χ1) is 20.8. The van der Waals surface area contributed by atoms with E-state index in [1.54, 1.807) is 10.7 Å². The monoisotopic (exact) mass is 650 g/mol. The number of hydrogen-bond donors (Lipinski definition) is 4. The maximum Gasteiger partial charge on any atom is 0.490 e. The molecule has 4 N–H and O–H groups in total. The average molecular weight is 651 g/mol. The van der Waals surface area contributed by atoms with E-state index in [1.807, 2.05) is 36.4 Å². The van der Waals surface area contributed by atoms with Crippen molar-refractivity contribution in [3.63, 3.8) is 0 Å². The van der Waals surface area contributed by atoms with Gasteiger partial charge in [-0.15, -0.1) is 5.10 Å². The van der Waals surface area contributed by atoms with Gasteiger partial charge >= 0.3 is 18.8 Å². The molecule has 0 saturated carbocycles. The summed E-state index contributed by atoms with van der Waals surface area (Å²) in [6.07, 6.45) is -2.49. The Balaban J connectivity index is 0.000000609. The lowest BCUT2D eigenvalue weighted by molar-refractivity contribution is -0.192. The molecule has 0 unspecified atom stereocenters. The Kier molecular flexibility index (Phi) is 14.2. The third-order valence-electron chi connectivity index (χ3n) is 5.72. The smallest absolute Gasteiger partial charge is 0.483 e. The van der Waals surface area contributed by atoms with Gasteiger partial charge in [0.1, 0.15) is 5.82 Å². The zero-order chi connectivity index (χ0) is 34.5. The summed E-state index contributed by atoms with van der Waals surface area (Å²) in [7, 11) is 0. The number of carbonyl (C=O) groups excluding carboxylic acids is 2. The minimum absolute atomic E-state index is 0.0155. The van der Waals surface area contributed by atoms with Crippen LogP contribution in [0.4, 0.5) is 38.0 Å². The van der Waals surface area contributed by atoms with Crippen molar-refractivity contribution >= 4 is 41.5 Å². The second kappa shape index (κ2) is 16.8. The number of aliphatic carboxylic acids is 1. The van der Waals surface area contributed by atoms with Crippen LogP contribution in [0, 0.1) is 0 Å². The molecule has 3 aromatic rings. The van der Waals surface area contributed by atoms with Crippen LogP contribution in [-0.2, 0) is 19.8 Å². The van der Waals surface area contributed by atoms with Crippen LogP contribution in [0.25, 0.3) is 5.65 Å². The first-order valence-corrected chi connectivity index (χ1v) is 12.9. The van der Waals surface area contributed by atoms with Crippen LogP contribution in [0.1, 0.15) is 50.0 Å². The summed E-state index contributed by atoms with van der Waals surface area (Å²) >= 11 is 0. The Bertz CT molecular complexity index is 1420. The van der Waals surface area contributed by atoms with Crippen molar-refractivity contribution in [3.05, 3.63) is 53.7 Å². The molecule has 1 aliphatic heterocycles. The number of alkyl halides is 6. The Morgan fingerprint density at radius 1 is 1.04 bits per heavy atom. The van der Waals surface area contributed by atoms with Gasteiger partial charge < -0.3 is 25.7 Å². The zero-order valence-electron chi connectivity index (χ0n) is 24.5. The topological polar surface area (TPSA) is 166 Å². The molecule has 2 amide bonds. The lowest BCUT2D eigenvalue weighted by atomic mass is 9.87. The minimum Gasteiger partial charge on any atom is -0.483 e. The molecule has 1 aromatic carbocycles. The fourth-order valence-corrected chi connectivity index (χ4v) is 3.78. The van der Waals surface area contributed by atoms with E-state index in [-0.39, 0.29) is 29.7 Å². The zero-order valence-corrected chi connectivity index (χ0v) is 24.5. The maximum atomic E-state index is 12.6. The summed E-state index contributed by atoms with van der Waals surface area (Å²) in [6.45, 7) is 5.59. The number of carboxylic acid groups (broad SMARTS) is 2. The molecule has 1 atom stereocenters. The van der Waals surface area contributed by atoms with Crippen molar-refractivity contribution in [2.24, 2.45) is 0 Å². The Morgan fingerprint density at radius 3 is 2.04 bits per heavy atom. The third-order valence-corrected chi connectivity index (χ3v) is 5.72. The van der Waals surface area contributed by atoms with Gasteiger partial charge in [0.05, 0.1) is 6.20 Å². The summed E-state index contributed by atoms with van der Waals surface area (Å²) in [5, 5.41) is 24.4. The van der Waals surface area contributed by atoms with Gasteiger partial charge in [-0.1, -0.05) is 32.9 Å². The largest absolute Gasteiger partial charge is 0.490 e. The molecular formula is C27H32F6N6O6. The van der Waals surface area contributed by atoms with Crippen molar-refractivity contribution < 1.29 is 55.7 Å². The molecule has 0 radical (unpaired) electrons. The van der Waals surface area contributed by atoms with Crippen molar-refractivity contribution in [3.8, 4) is 0 Å². The van der Waals surface area contributed by atoms with E-state index in [1.165, 1.54) is 12.5 Å². The van der Waals surface area contributed by atoms with Gasteiger partial charge in [-0.3, -0.25) is 14.4 Å². The van der Waals surface area contributed by atoms with Gasteiger partial charge in [-0.05, 0) is 41.7 Å². The normalized spacial score (nSPS) is 14.2. The second-order valence-electron chi connectivity index (χ2n) is 10.2. The van der Waals surface area contributed by atoms with Gasteiger partial charge in [0, 0.05) is 31.6 Å². The molecule has 0 aliphatic carbocycles. The van der Waals surface area contributed by atoms with Gasteiger partial charge in [-0.2, -0.15) is 26.3 Å². The van der Waals surface area contributed by atoms with Crippen LogP contribution < -0.4 is 15.5 Å². The highest BCUT2D eigenvalue weighted by molar-refractivity contribution is 6.03. The number of imidazole rings is 1. The minimum atomic E-state index is -5.08. The standard InChI is InChI=1S/C23H28N6O2.C2HF3O2.CHF3.CH2O2/c1-15(30)24-18-11-12-28(13-18)21-10-9-20-25-19(14-29(20)27-21)26-22(31)16-5-7-17(8-6-16)23(2,3)4;3-2(4,5)1(6)7;2-1(3)4;2-1-3/h5-10,14,18H,11-13H2,1-4H3,(H,24,30)(H,26,31);(H,6,7);1H;1H,(H,2,3)/t18-;;;/m1.../s1. The SMILES string of the molecule is CC(=O)N[C@@H]1CCN(c2ccc3nc(NC(=O)c4ccc(C(C)(C)C)cc4)cn3n2)C1.FC(F)F.O=C(O)C(F)(F)F.O=CO. The fourth-order valence-electron chi connectivity index (χ4n) is 3.78. The number of anilines is 2. The summed E-state index contributed by atoms with van der Waals surface area (Å²) in [5.41, 5.74) is 2.45. The number of hydrogen-bond acceptors (Lipinski definition) is 7. The molecule has 45 heavy (non-hydrogen) atoms. The van der Waals surface area contributed by atoms with E-state index in [0.717, 1.165) is 25.3 Å². The van der Waals surface area contributed by atoms with E-state index < -0.39 is 18.8 Å². The Labute approximate surface area is 253 Å². The maximum absolute atomic E-state index is 12.6. The molecule has 2 aromatic heterocycles. The van der Waals surface area contributed by atoms with Crippen LogP contribution in [0.15, 0.2) is 42.6 Å².